The lowest BCUT2D eigenvalue weighted by Crippen LogP contribution is -2.26. The van der Waals surface area contributed by atoms with Gasteiger partial charge >= 0.3 is 5.97 Å². The van der Waals surface area contributed by atoms with E-state index in [9.17, 15) is 9.59 Å². The molecule has 0 aromatic carbocycles. The number of rotatable bonds is 9. The van der Waals surface area contributed by atoms with Gasteiger partial charge in [-0.05, 0) is 43.2 Å². The highest BCUT2D eigenvalue weighted by molar-refractivity contribution is 7.14. The molecule has 0 saturated heterocycles. The summed E-state index contributed by atoms with van der Waals surface area (Å²) < 4.78 is 0. The van der Waals surface area contributed by atoms with Crippen LogP contribution in [0.2, 0.25) is 0 Å². The second-order valence-corrected chi connectivity index (χ2v) is 6.77. The molecular weight excluding hydrogens is 286 g/mol. The van der Waals surface area contributed by atoms with Crippen LogP contribution in [0.3, 0.4) is 0 Å². The Morgan fingerprint density at radius 2 is 2.00 bits per heavy atom. The fourth-order valence-corrected chi connectivity index (χ4v) is 3.13. The quantitative estimate of drug-likeness (QED) is 0.732. The molecule has 0 aliphatic heterocycles. The van der Waals surface area contributed by atoms with Crippen LogP contribution in [0, 0.1) is 11.8 Å². The van der Waals surface area contributed by atoms with E-state index in [2.05, 4.69) is 26.1 Å². The predicted octanol–water partition coefficient (Wildman–Crippen LogP) is 3.57. The number of amides is 1. The summed E-state index contributed by atoms with van der Waals surface area (Å²) in [5, 5.41) is 11.7. The first kappa shape index (κ1) is 17.7. The third kappa shape index (κ3) is 6.29. The molecule has 4 nitrogen and oxygen atoms in total. The molecule has 1 aromatic heterocycles. The first-order valence-electron chi connectivity index (χ1n) is 7.52. The molecule has 0 saturated carbocycles. The first-order valence-corrected chi connectivity index (χ1v) is 8.34. The Morgan fingerprint density at radius 1 is 1.29 bits per heavy atom. The average Bonchev–Trinajstić information content (AvgIpc) is 2.90. The van der Waals surface area contributed by atoms with E-state index < -0.39 is 5.97 Å². The second kappa shape index (κ2) is 8.82. The molecule has 5 heteroatoms. The molecule has 2 N–H and O–H groups in total. The number of aliphatic carboxylic acids is 1. The minimum Gasteiger partial charge on any atom is -0.481 e. The lowest BCUT2D eigenvalue weighted by atomic mass is 9.88. The van der Waals surface area contributed by atoms with Crippen LogP contribution in [-0.2, 0) is 11.2 Å². The number of hydrogen-bond donors (Lipinski definition) is 2. The van der Waals surface area contributed by atoms with Gasteiger partial charge in [0.05, 0.1) is 4.88 Å². The Balaban J connectivity index is 2.38. The Morgan fingerprint density at radius 3 is 2.52 bits per heavy atom. The fourth-order valence-electron chi connectivity index (χ4n) is 2.27. The zero-order valence-corrected chi connectivity index (χ0v) is 13.8. The van der Waals surface area contributed by atoms with Crippen LogP contribution >= 0.6 is 11.3 Å². The zero-order valence-electron chi connectivity index (χ0n) is 13.0. The number of carboxylic acid groups (broad SMARTS) is 1. The summed E-state index contributed by atoms with van der Waals surface area (Å²) in [6.45, 7) is 6.87. The van der Waals surface area contributed by atoms with Crippen molar-refractivity contribution in [2.75, 3.05) is 6.54 Å². The Bertz CT molecular complexity index is 468. The van der Waals surface area contributed by atoms with Crippen LogP contribution in [0.5, 0.6) is 0 Å². The van der Waals surface area contributed by atoms with Crippen LogP contribution in [0.1, 0.15) is 54.6 Å². The van der Waals surface area contributed by atoms with E-state index in [1.807, 2.05) is 12.1 Å². The average molecular weight is 311 g/mol. The zero-order chi connectivity index (χ0) is 15.8. The van der Waals surface area contributed by atoms with Gasteiger partial charge < -0.3 is 10.4 Å². The van der Waals surface area contributed by atoms with Crippen molar-refractivity contribution in [3.05, 3.63) is 21.9 Å². The van der Waals surface area contributed by atoms with E-state index in [1.54, 1.807) is 0 Å². The maximum atomic E-state index is 12.0. The van der Waals surface area contributed by atoms with Crippen molar-refractivity contribution in [2.45, 2.75) is 46.5 Å². The summed E-state index contributed by atoms with van der Waals surface area (Å²) in [5.74, 6) is -0.0265. The third-order valence-corrected chi connectivity index (χ3v) is 4.93. The van der Waals surface area contributed by atoms with Crippen molar-refractivity contribution >= 4 is 23.2 Å². The van der Waals surface area contributed by atoms with Crippen LogP contribution in [0.15, 0.2) is 12.1 Å². The van der Waals surface area contributed by atoms with Gasteiger partial charge in [-0.15, -0.1) is 11.3 Å². The summed E-state index contributed by atoms with van der Waals surface area (Å²) in [6.07, 6.45) is 2.63. The molecule has 1 atom stereocenters. The molecule has 0 spiro atoms. The number of hydrogen-bond acceptors (Lipinski definition) is 3. The van der Waals surface area contributed by atoms with Gasteiger partial charge in [0.1, 0.15) is 0 Å². The van der Waals surface area contributed by atoms with Crippen LogP contribution < -0.4 is 5.32 Å². The van der Waals surface area contributed by atoms with E-state index >= 15 is 0 Å². The Labute approximate surface area is 130 Å². The summed E-state index contributed by atoms with van der Waals surface area (Å²) in [4.78, 5) is 24.6. The van der Waals surface area contributed by atoms with Crippen molar-refractivity contribution in [1.29, 1.82) is 0 Å². The van der Waals surface area contributed by atoms with Crippen LogP contribution in [-0.4, -0.2) is 23.5 Å². The SMILES string of the molecule is CCc1ccc(C(=O)NCCC(CCC(=O)O)C(C)C)s1. The van der Waals surface area contributed by atoms with Gasteiger partial charge in [0.15, 0.2) is 0 Å². The second-order valence-electron chi connectivity index (χ2n) is 5.60. The Kier molecular flexibility index (Phi) is 7.43. The number of aryl methyl sites for hydroxylation is 1. The van der Waals surface area contributed by atoms with E-state index in [4.69, 9.17) is 5.11 Å². The highest BCUT2D eigenvalue weighted by Gasteiger charge is 2.16. The topological polar surface area (TPSA) is 66.4 Å². The predicted molar refractivity (Wildman–Crippen MR) is 85.8 cm³/mol. The highest BCUT2D eigenvalue weighted by Crippen LogP contribution is 2.21. The van der Waals surface area contributed by atoms with Crippen LogP contribution in [0.25, 0.3) is 0 Å². The minimum atomic E-state index is -0.754. The molecule has 1 amide bonds. The van der Waals surface area contributed by atoms with E-state index in [0.29, 0.717) is 24.8 Å². The van der Waals surface area contributed by atoms with E-state index in [1.165, 1.54) is 16.2 Å². The van der Waals surface area contributed by atoms with E-state index in [0.717, 1.165) is 17.7 Å². The molecule has 0 bridgehead atoms. The number of thiophene rings is 1. The Hall–Kier alpha value is -1.36. The molecule has 0 aliphatic carbocycles. The molecule has 0 aliphatic rings. The molecule has 21 heavy (non-hydrogen) atoms. The maximum absolute atomic E-state index is 12.0. The van der Waals surface area contributed by atoms with Gasteiger partial charge in [-0.2, -0.15) is 0 Å². The largest absolute Gasteiger partial charge is 0.481 e. The lowest BCUT2D eigenvalue weighted by Gasteiger charge is -2.20. The monoisotopic (exact) mass is 311 g/mol. The van der Waals surface area contributed by atoms with Gasteiger partial charge in [0, 0.05) is 17.8 Å². The first-order chi connectivity index (χ1) is 9.93. The molecule has 0 fully saturated rings. The number of carboxylic acids is 1. The number of nitrogens with one attached hydrogen (secondary N) is 1. The maximum Gasteiger partial charge on any atom is 0.303 e. The highest BCUT2D eigenvalue weighted by atomic mass is 32.1. The molecule has 1 unspecified atom stereocenters. The minimum absolute atomic E-state index is 0.0274. The van der Waals surface area contributed by atoms with Gasteiger partial charge in [-0.1, -0.05) is 20.8 Å². The molecule has 1 aromatic rings. The molecule has 0 radical (unpaired) electrons. The van der Waals surface area contributed by atoms with Crippen molar-refractivity contribution in [2.24, 2.45) is 11.8 Å². The van der Waals surface area contributed by atoms with E-state index in [-0.39, 0.29) is 12.3 Å². The summed E-state index contributed by atoms with van der Waals surface area (Å²) >= 11 is 1.53. The standard InChI is InChI=1S/C16H25NO3S/c1-4-13-6-7-14(21-13)16(20)17-10-9-12(11(2)3)5-8-15(18)19/h6-7,11-12H,4-5,8-10H2,1-3H3,(H,17,20)(H,18,19). The summed E-state index contributed by atoms with van der Waals surface area (Å²) in [7, 11) is 0. The fraction of sp³-hybridized carbons (Fsp3) is 0.625. The summed E-state index contributed by atoms with van der Waals surface area (Å²) in [6, 6.07) is 3.85. The van der Waals surface area contributed by atoms with Crippen molar-refractivity contribution < 1.29 is 14.7 Å². The van der Waals surface area contributed by atoms with Crippen molar-refractivity contribution in [3.63, 3.8) is 0 Å². The molecule has 118 valence electrons. The van der Waals surface area contributed by atoms with Gasteiger partial charge in [-0.25, -0.2) is 0 Å². The van der Waals surface area contributed by atoms with Crippen LogP contribution in [0.4, 0.5) is 0 Å². The van der Waals surface area contributed by atoms with Gasteiger partial charge in [-0.3, -0.25) is 9.59 Å². The summed E-state index contributed by atoms with van der Waals surface area (Å²) in [5.41, 5.74) is 0. The smallest absolute Gasteiger partial charge is 0.303 e. The van der Waals surface area contributed by atoms with Gasteiger partial charge in [0.2, 0.25) is 0 Å². The molecule has 1 rings (SSSR count). The van der Waals surface area contributed by atoms with Crippen molar-refractivity contribution in [3.8, 4) is 0 Å². The molecular formula is C16H25NO3S. The normalized spacial score (nSPS) is 12.4. The van der Waals surface area contributed by atoms with Gasteiger partial charge in [0.25, 0.3) is 5.91 Å². The molecule has 1 heterocycles. The lowest BCUT2D eigenvalue weighted by molar-refractivity contribution is -0.137. The number of carbonyl (C=O) groups excluding carboxylic acids is 1. The number of carbonyl (C=O) groups is 2. The third-order valence-electron chi connectivity index (χ3n) is 3.71. The van der Waals surface area contributed by atoms with Crippen molar-refractivity contribution in [1.82, 2.24) is 5.32 Å².